The quantitative estimate of drug-likeness (QED) is 0.0360. The number of rotatable bonds is 28. The Morgan fingerprint density at radius 1 is 0.412 bits per heavy atom. The summed E-state index contributed by atoms with van der Waals surface area (Å²) in [5.41, 5.74) is 6.78. The van der Waals surface area contributed by atoms with Gasteiger partial charge in [-0.3, -0.25) is 28.8 Å². The minimum absolute atomic E-state index is 0. The van der Waals surface area contributed by atoms with Crippen LogP contribution in [0, 0.1) is 11.8 Å². The van der Waals surface area contributed by atoms with Crippen LogP contribution in [0.25, 0.3) is 0 Å². The largest absolute Gasteiger partial charge is 1.00 e. The summed E-state index contributed by atoms with van der Waals surface area (Å²) in [6.07, 6.45) is 15.7. The van der Waals surface area contributed by atoms with Crippen LogP contribution in [0.5, 0.6) is 0 Å². The number of carboxylic acids is 4. The van der Waals surface area contributed by atoms with Gasteiger partial charge in [-0.1, -0.05) is 86.6 Å². The molecule has 26 nitrogen and oxygen atoms in total. The van der Waals surface area contributed by atoms with Gasteiger partial charge >= 0.3 is 115 Å². The average molecular weight is 1640 g/mol. The van der Waals surface area contributed by atoms with E-state index in [0.717, 1.165) is 98.3 Å². The molecule has 8 aromatic rings. The summed E-state index contributed by atoms with van der Waals surface area (Å²) < 4.78 is 58.2. The summed E-state index contributed by atoms with van der Waals surface area (Å²) in [4.78, 5) is 113. The number of hydrogen-bond donors (Lipinski definition) is 6. The number of carbonyl (C=O) groups is 8. The van der Waals surface area contributed by atoms with Crippen LogP contribution in [0.1, 0.15) is 188 Å². The SMILES string of the molecule is CCN(C1CCC(C(=O)O)CC1)S(=O)(=O)c1cccc(C(=O)Nc2ccc(N3CCCCC3)cc2C(=O)Nc2ccc(CCc3ccc(C(=O)[O-])cc3)cn2)c1.CCN(C1CCC(C(=O)O)CC1)S(=O)(=O)c1cccc(C(=O)Nc2ccc(N3CCCCC3)cc2C(=O)Nc2ccc(CCc3ccc(C(=O)[O-])cc3)cn2)c1.[K+].[K+]. The molecule has 4 fully saturated rings. The minimum Gasteiger partial charge on any atom is -0.545 e. The summed E-state index contributed by atoms with van der Waals surface area (Å²) in [6.45, 7) is 7.24. The predicted octanol–water partition coefficient (Wildman–Crippen LogP) is 4.77. The van der Waals surface area contributed by atoms with Crippen LogP contribution in [0.15, 0.2) is 180 Å². The standard InChI is InChI=1S/2C42H47N5O8S.2K/c2*1-2-47(33-18-16-31(17-19-33)42(52)53)56(54,55)35-8-6-7-32(25-35)39(48)44-37-21-20-34(46-23-4-3-5-24-46)26-36(37)40(49)45-38-22-13-29(27-43-38)10-9-28-11-14-30(15-12-28)41(50)51;;/h2*6-8,11-15,20-22,25-27,31,33H,2-5,9-10,16-19,23-24H2,1H3,(H,44,48)(H,50,51)(H,52,53)(H,43,45,49);;/q;;2*+1/p-2. The Morgan fingerprint density at radius 3 is 1.07 bits per heavy atom. The van der Waals surface area contributed by atoms with E-state index in [1.807, 2.05) is 24.3 Å². The molecule has 588 valence electrons. The van der Waals surface area contributed by atoms with E-state index in [0.29, 0.717) is 88.7 Å². The van der Waals surface area contributed by atoms with Crippen molar-refractivity contribution in [1.82, 2.24) is 18.6 Å². The Hall–Kier alpha value is -7.93. The number of aromatic nitrogens is 2. The van der Waals surface area contributed by atoms with Crippen molar-refractivity contribution in [3.63, 3.8) is 0 Å². The monoisotopic (exact) mass is 1640 g/mol. The molecule has 0 unspecified atom stereocenters. The van der Waals surface area contributed by atoms with Crippen molar-refractivity contribution in [2.45, 2.75) is 151 Å². The number of nitrogens with one attached hydrogen (secondary N) is 4. The molecule has 2 aliphatic carbocycles. The number of benzene rings is 6. The third-order valence-electron chi connectivity index (χ3n) is 21.3. The van der Waals surface area contributed by atoms with Gasteiger partial charge in [-0.25, -0.2) is 26.8 Å². The number of carbonyl (C=O) groups excluding carboxylic acids is 6. The minimum atomic E-state index is -4.01. The Labute approximate surface area is 749 Å². The van der Waals surface area contributed by atoms with Crippen molar-refractivity contribution >= 4 is 102 Å². The van der Waals surface area contributed by atoms with Crippen molar-refractivity contribution in [1.29, 1.82) is 0 Å². The number of aromatic carboxylic acids is 2. The zero-order valence-corrected chi connectivity index (χ0v) is 72.4. The fourth-order valence-electron chi connectivity index (χ4n) is 14.9. The number of sulfonamides is 2. The molecule has 2 aromatic heterocycles. The summed E-state index contributed by atoms with van der Waals surface area (Å²) in [7, 11) is -8.02. The predicted molar refractivity (Wildman–Crippen MR) is 420 cm³/mol. The van der Waals surface area contributed by atoms with Crippen molar-refractivity contribution in [2.75, 3.05) is 70.3 Å². The molecular weight excluding hydrogens is 1550 g/mol. The van der Waals surface area contributed by atoms with Gasteiger partial charge in [0.2, 0.25) is 20.0 Å². The molecule has 6 N–H and O–H groups in total. The summed E-state index contributed by atoms with van der Waals surface area (Å²) >= 11 is 0. The molecule has 4 heterocycles. The van der Waals surface area contributed by atoms with Crippen LogP contribution in [-0.4, -0.2) is 144 Å². The molecule has 2 aliphatic heterocycles. The maximum absolute atomic E-state index is 13.9. The van der Waals surface area contributed by atoms with Gasteiger partial charge in [0.25, 0.3) is 23.6 Å². The molecule has 114 heavy (non-hydrogen) atoms. The second-order valence-corrected chi connectivity index (χ2v) is 32.4. The number of anilines is 6. The first-order valence-corrected chi connectivity index (χ1v) is 41.0. The number of nitrogens with zero attached hydrogens (tertiary/aromatic N) is 6. The van der Waals surface area contributed by atoms with Gasteiger partial charge in [-0.05, 0) is 234 Å². The average Bonchev–Trinajstić information content (AvgIpc) is 0.803. The second-order valence-electron chi connectivity index (χ2n) is 28.6. The van der Waals surface area contributed by atoms with E-state index in [-0.39, 0.29) is 182 Å². The van der Waals surface area contributed by atoms with E-state index in [1.165, 1.54) is 81.4 Å². The molecule has 30 heteroatoms. The zero-order chi connectivity index (χ0) is 79.6. The van der Waals surface area contributed by atoms with Gasteiger partial charge in [-0.2, -0.15) is 8.61 Å². The molecule has 2 saturated heterocycles. The van der Waals surface area contributed by atoms with E-state index in [1.54, 1.807) is 86.9 Å². The van der Waals surface area contributed by atoms with Gasteiger partial charge in [0, 0.05) is 86.2 Å². The molecule has 4 amide bonds. The van der Waals surface area contributed by atoms with Crippen LogP contribution in [-0.2, 0) is 55.3 Å². The van der Waals surface area contributed by atoms with Crippen LogP contribution < -0.4 is 144 Å². The molecule has 12 rings (SSSR count). The van der Waals surface area contributed by atoms with Gasteiger partial charge in [0.1, 0.15) is 11.6 Å². The number of aliphatic carboxylic acids is 2. The molecule has 4 aliphatic rings. The molecule has 0 bridgehead atoms. The van der Waals surface area contributed by atoms with E-state index in [4.69, 9.17) is 0 Å². The van der Waals surface area contributed by atoms with Gasteiger partial charge < -0.3 is 61.1 Å². The van der Waals surface area contributed by atoms with Crippen LogP contribution in [0.2, 0.25) is 0 Å². The number of hydrogen-bond acceptors (Lipinski definition) is 18. The number of aryl methyl sites for hydroxylation is 4. The van der Waals surface area contributed by atoms with E-state index >= 15 is 0 Å². The zero-order valence-electron chi connectivity index (χ0n) is 64.6. The number of amides is 4. The summed E-state index contributed by atoms with van der Waals surface area (Å²) in [6, 6.07) is 41.6. The molecule has 0 spiro atoms. The number of carboxylic acid groups (broad SMARTS) is 4. The third kappa shape index (κ3) is 23.7. The molecule has 0 atom stereocenters. The molecular formula is C84H92K2N10O16S2. The smallest absolute Gasteiger partial charge is 0.545 e. The Balaban J connectivity index is 0.000000257. The normalized spacial score (nSPS) is 17.0. The number of piperidine rings is 2. The van der Waals surface area contributed by atoms with Crippen LogP contribution >= 0.6 is 0 Å². The molecule has 6 aromatic carbocycles. The van der Waals surface area contributed by atoms with Crippen molar-refractivity contribution in [3.05, 3.63) is 226 Å². The van der Waals surface area contributed by atoms with E-state index in [2.05, 4.69) is 41.0 Å². The van der Waals surface area contributed by atoms with Crippen molar-refractivity contribution < 1.29 is 178 Å². The Kier molecular flexibility index (Phi) is 33.4. The first kappa shape index (κ1) is 90.0. The topological polar surface area (TPSA) is 378 Å². The second kappa shape index (κ2) is 42.3. The maximum atomic E-state index is 13.9. The fraction of sp³-hybridized carbons (Fsp3) is 0.357. The van der Waals surface area contributed by atoms with Gasteiger partial charge in [0.05, 0.1) is 56.1 Å². The molecule has 2 saturated carbocycles. The number of pyridine rings is 2. The van der Waals surface area contributed by atoms with Crippen LogP contribution in [0.4, 0.5) is 34.4 Å². The summed E-state index contributed by atoms with van der Waals surface area (Å²) in [5, 5.41) is 52.2. The van der Waals surface area contributed by atoms with E-state index < -0.39 is 79.4 Å². The third-order valence-corrected chi connectivity index (χ3v) is 25.3. The van der Waals surface area contributed by atoms with Crippen molar-refractivity contribution in [3.8, 4) is 0 Å². The van der Waals surface area contributed by atoms with Crippen LogP contribution in [0.3, 0.4) is 0 Å². The first-order chi connectivity index (χ1) is 53.8. The Morgan fingerprint density at radius 2 is 0.754 bits per heavy atom. The van der Waals surface area contributed by atoms with Gasteiger partial charge in [0.15, 0.2) is 0 Å². The maximum Gasteiger partial charge on any atom is 1.00 e. The Bertz CT molecular complexity index is 4650. The van der Waals surface area contributed by atoms with Gasteiger partial charge in [-0.15, -0.1) is 0 Å². The fourth-order valence-corrected chi connectivity index (χ4v) is 18.4. The summed E-state index contributed by atoms with van der Waals surface area (Å²) in [5.74, 6) is -6.67. The van der Waals surface area contributed by atoms with E-state index in [9.17, 15) is 75.6 Å². The molecule has 0 radical (unpaired) electrons. The van der Waals surface area contributed by atoms with Crippen molar-refractivity contribution in [2.24, 2.45) is 11.8 Å². The first-order valence-electron chi connectivity index (χ1n) is 38.1.